The molecule has 2 aromatic rings. The minimum absolute atomic E-state index is 0.141. The second kappa shape index (κ2) is 6.48. The number of nitrogens with one attached hydrogen (secondary N) is 1. The third-order valence-electron chi connectivity index (χ3n) is 3.04. The van der Waals surface area contributed by atoms with Crippen molar-refractivity contribution in [3.05, 3.63) is 41.2 Å². The van der Waals surface area contributed by atoms with Crippen LogP contribution in [0.3, 0.4) is 0 Å². The Labute approximate surface area is 131 Å². The molecule has 1 aromatic carbocycles. The third kappa shape index (κ3) is 3.20. The van der Waals surface area contributed by atoms with E-state index in [9.17, 15) is 9.59 Å². The van der Waals surface area contributed by atoms with Gasteiger partial charge in [-0.3, -0.25) is 4.79 Å². The van der Waals surface area contributed by atoms with Crippen LogP contribution >= 0.6 is 11.6 Å². The van der Waals surface area contributed by atoms with E-state index in [0.717, 1.165) is 4.68 Å². The fourth-order valence-corrected chi connectivity index (χ4v) is 2.10. The molecule has 22 heavy (non-hydrogen) atoms. The van der Waals surface area contributed by atoms with Crippen molar-refractivity contribution in [1.82, 2.24) is 9.78 Å². The number of nitrogens with zero attached hydrogens (tertiary/aromatic N) is 2. The predicted octanol–water partition coefficient (Wildman–Crippen LogP) is 2.44. The Hall–Kier alpha value is -2.54. The molecule has 2 N–H and O–H groups in total. The van der Waals surface area contributed by atoms with Gasteiger partial charge in [0.05, 0.1) is 12.1 Å². The van der Waals surface area contributed by atoms with Crippen LogP contribution in [0.1, 0.15) is 23.5 Å². The van der Waals surface area contributed by atoms with Gasteiger partial charge in [-0.2, -0.15) is 5.10 Å². The number of halogens is 1. The topological polar surface area (TPSA) is 93.5 Å². The molecule has 7 nitrogen and oxygen atoms in total. The van der Waals surface area contributed by atoms with Crippen LogP contribution in [0.4, 0.5) is 5.69 Å². The first-order valence-electron chi connectivity index (χ1n) is 6.35. The first-order valence-corrected chi connectivity index (χ1v) is 6.73. The van der Waals surface area contributed by atoms with Gasteiger partial charge in [0.2, 0.25) is 0 Å². The highest BCUT2D eigenvalue weighted by Gasteiger charge is 2.21. The first-order chi connectivity index (χ1) is 10.4. The van der Waals surface area contributed by atoms with Crippen molar-refractivity contribution in [2.45, 2.75) is 13.0 Å². The molecule has 0 spiro atoms. The van der Waals surface area contributed by atoms with E-state index in [1.54, 1.807) is 18.2 Å². The summed E-state index contributed by atoms with van der Waals surface area (Å²) in [4.78, 5) is 23.3. The standard InChI is InChI=1S/C14H14ClN3O4/c1-8(14(20)21)18-11(5-6-16-18)13(19)17-9-3-4-12(22-2)10(15)7-9/h3-8H,1-2H3,(H,17,19)(H,20,21). The van der Waals surface area contributed by atoms with E-state index in [1.165, 1.54) is 26.3 Å². The number of aromatic nitrogens is 2. The molecule has 0 saturated heterocycles. The molecule has 1 atom stereocenters. The maximum absolute atomic E-state index is 12.2. The van der Waals surface area contributed by atoms with Gasteiger partial charge in [0, 0.05) is 11.9 Å². The number of hydrogen-bond acceptors (Lipinski definition) is 4. The lowest BCUT2D eigenvalue weighted by molar-refractivity contribution is -0.140. The SMILES string of the molecule is COc1ccc(NC(=O)c2ccnn2C(C)C(=O)O)cc1Cl. The van der Waals surface area contributed by atoms with Gasteiger partial charge in [-0.05, 0) is 31.2 Å². The monoisotopic (exact) mass is 323 g/mol. The number of ether oxygens (including phenoxy) is 1. The molecule has 0 aliphatic rings. The van der Waals surface area contributed by atoms with E-state index in [-0.39, 0.29) is 5.69 Å². The summed E-state index contributed by atoms with van der Waals surface area (Å²) >= 11 is 5.99. The minimum Gasteiger partial charge on any atom is -0.495 e. The van der Waals surface area contributed by atoms with Gasteiger partial charge < -0.3 is 15.2 Å². The van der Waals surface area contributed by atoms with Crippen molar-refractivity contribution in [1.29, 1.82) is 0 Å². The van der Waals surface area contributed by atoms with Crippen molar-refractivity contribution in [3.8, 4) is 5.75 Å². The molecule has 0 bridgehead atoms. The van der Waals surface area contributed by atoms with Gasteiger partial charge in [-0.25, -0.2) is 9.48 Å². The van der Waals surface area contributed by atoms with E-state index in [2.05, 4.69) is 10.4 Å². The van der Waals surface area contributed by atoms with Gasteiger partial charge in [-0.1, -0.05) is 11.6 Å². The summed E-state index contributed by atoms with van der Waals surface area (Å²) in [5.74, 6) is -1.07. The second-order valence-corrected chi connectivity index (χ2v) is 4.89. The second-order valence-electron chi connectivity index (χ2n) is 4.48. The van der Waals surface area contributed by atoms with Crippen LogP contribution in [0, 0.1) is 0 Å². The number of methoxy groups -OCH3 is 1. The molecule has 0 radical (unpaired) electrons. The van der Waals surface area contributed by atoms with E-state index < -0.39 is 17.9 Å². The van der Waals surface area contributed by atoms with Crippen molar-refractivity contribution in [3.63, 3.8) is 0 Å². The molecule has 1 aromatic heterocycles. The molecule has 0 saturated carbocycles. The largest absolute Gasteiger partial charge is 0.495 e. The first kappa shape index (κ1) is 15.8. The zero-order valence-corrected chi connectivity index (χ0v) is 12.7. The van der Waals surface area contributed by atoms with Crippen molar-refractivity contribution >= 4 is 29.2 Å². The lowest BCUT2D eigenvalue weighted by Crippen LogP contribution is -2.24. The molecule has 1 amide bonds. The fraction of sp³-hybridized carbons (Fsp3) is 0.214. The maximum atomic E-state index is 12.2. The van der Waals surface area contributed by atoms with Gasteiger partial charge >= 0.3 is 5.97 Å². The molecule has 8 heteroatoms. The number of carbonyl (C=O) groups is 2. The molecule has 1 heterocycles. The summed E-state index contributed by atoms with van der Waals surface area (Å²) in [7, 11) is 1.49. The Kier molecular flexibility index (Phi) is 4.67. The summed E-state index contributed by atoms with van der Waals surface area (Å²) in [6.07, 6.45) is 1.37. The van der Waals surface area contributed by atoms with Gasteiger partial charge in [0.15, 0.2) is 0 Å². The lowest BCUT2D eigenvalue weighted by atomic mass is 10.2. The molecule has 0 aliphatic heterocycles. The molecule has 1 unspecified atom stereocenters. The molecular formula is C14H14ClN3O4. The van der Waals surface area contributed by atoms with E-state index in [0.29, 0.717) is 16.5 Å². The number of benzene rings is 1. The molecule has 2 rings (SSSR count). The highest BCUT2D eigenvalue weighted by molar-refractivity contribution is 6.32. The number of hydrogen-bond donors (Lipinski definition) is 2. The van der Waals surface area contributed by atoms with E-state index in [4.69, 9.17) is 21.4 Å². The predicted molar refractivity (Wildman–Crippen MR) is 80.5 cm³/mol. The Morgan fingerprint density at radius 2 is 2.14 bits per heavy atom. The molecule has 0 aliphatic carbocycles. The van der Waals surface area contributed by atoms with Gasteiger partial charge in [0.25, 0.3) is 5.91 Å². The maximum Gasteiger partial charge on any atom is 0.328 e. The molecular weight excluding hydrogens is 310 g/mol. The summed E-state index contributed by atoms with van der Waals surface area (Å²) in [6.45, 7) is 1.44. The summed E-state index contributed by atoms with van der Waals surface area (Å²) in [5, 5.41) is 15.9. The lowest BCUT2D eigenvalue weighted by Gasteiger charge is -2.12. The summed E-state index contributed by atoms with van der Waals surface area (Å²) in [5.41, 5.74) is 0.605. The number of rotatable bonds is 5. The zero-order chi connectivity index (χ0) is 16.3. The van der Waals surface area contributed by atoms with Crippen LogP contribution in [0.15, 0.2) is 30.5 Å². The van der Waals surface area contributed by atoms with Crippen LogP contribution in [0.2, 0.25) is 5.02 Å². The number of amides is 1. The average Bonchev–Trinajstić information content (AvgIpc) is 2.96. The molecule has 0 fully saturated rings. The number of carboxylic acids is 1. The molecule has 116 valence electrons. The number of anilines is 1. The smallest absolute Gasteiger partial charge is 0.328 e. The van der Waals surface area contributed by atoms with Crippen LogP contribution < -0.4 is 10.1 Å². The average molecular weight is 324 g/mol. The summed E-state index contributed by atoms with van der Waals surface area (Å²) < 4.78 is 6.17. The highest BCUT2D eigenvalue weighted by Crippen LogP contribution is 2.27. The summed E-state index contributed by atoms with van der Waals surface area (Å²) in [6, 6.07) is 5.29. The third-order valence-corrected chi connectivity index (χ3v) is 3.33. The van der Waals surface area contributed by atoms with Crippen LogP contribution in [0.25, 0.3) is 0 Å². The Morgan fingerprint density at radius 3 is 2.73 bits per heavy atom. The van der Waals surface area contributed by atoms with Crippen molar-refractivity contribution in [2.24, 2.45) is 0 Å². The van der Waals surface area contributed by atoms with Crippen LogP contribution in [-0.2, 0) is 4.79 Å². The number of aliphatic carboxylic acids is 1. The van der Waals surface area contributed by atoms with Crippen molar-refractivity contribution < 1.29 is 19.4 Å². The van der Waals surface area contributed by atoms with E-state index in [1.807, 2.05) is 0 Å². The Bertz CT molecular complexity index is 714. The quantitative estimate of drug-likeness (QED) is 0.881. The normalized spacial score (nSPS) is 11.8. The highest BCUT2D eigenvalue weighted by atomic mass is 35.5. The van der Waals surface area contributed by atoms with Gasteiger partial charge in [0.1, 0.15) is 17.5 Å². The van der Waals surface area contributed by atoms with Crippen LogP contribution in [-0.4, -0.2) is 33.9 Å². The minimum atomic E-state index is -1.08. The van der Waals surface area contributed by atoms with Crippen LogP contribution in [0.5, 0.6) is 5.75 Å². The van der Waals surface area contributed by atoms with E-state index >= 15 is 0 Å². The Balaban J connectivity index is 2.21. The number of carboxylic acid groups (broad SMARTS) is 1. The Morgan fingerprint density at radius 1 is 1.41 bits per heavy atom. The number of carbonyl (C=O) groups excluding carboxylic acids is 1. The van der Waals surface area contributed by atoms with Crippen molar-refractivity contribution in [2.75, 3.05) is 12.4 Å². The van der Waals surface area contributed by atoms with Gasteiger partial charge in [-0.15, -0.1) is 0 Å². The fourth-order valence-electron chi connectivity index (χ4n) is 1.85. The zero-order valence-electron chi connectivity index (χ0n) is 11.9.